The van der Waals surface area contributed by atoms with Crippen molar-refractivity contribution >= 4 is 17.5 Å². The molecule has 0 saturated carbocycles. The monoisotopic (exact) mass is 296 g/mol. The van der Waals surface area contributed by atoms with Gasteiger partial charge < -0.3 is 15.4 Å². The third-order valence-electron chi connectivity index (χ3n) is 3.52. The highest BCUT2D eigenvalue weighted by Gasteiger charge is 2.19. The maximum Gasteiger partial charge on any atom is 0.222 e. The van der Waals surface area contributed by atoms with E-state index in [1.807, 2.05) is 23.1 Å². The van der Waals surface area contributed by atoms with Crippen LogP contribution in [-0.4, -0.2) is 36.5 Å². The van der Waals surface area contributed by atoms with Gasteiger partial charge in [-0.1, -0.05) is 23.7 Å². The van der Waals surface area contributed by atoms with E-state index in [1.165, 1.54) is 0 Å². The summed E-state index contributed by atoms with van der Waals surface area (Å²) in [5.41, 5.74) is 5.83. The fourth-order valence-corrected chi connectivity index (χ4v) is 2.46. The number of piperidine rings is 1. The lowest BCUT2D eigenvalue weighted by atomic mass is 10.1. The molecule has 0 atom stereocenters. The highest BCUT2D eigenvalue weighted by Crippen LogP contribution is 2.23. The molecule has 2 rings (SSSR count). The second kappa shape index (κ2) is 7.50. The first-order valence-corrected chi connectivity index (χ1v) is 7.45. The number of ether oxygens (including phenoxy) is 1. The van der Waals surface area contributed by atoms with Crippen LogP contribution in [-0.2, 0) is 4.79 Å². The van der Waals surface area contributed by atoms with Crippen LogP contribution in [0.15, 0.2) is 24.3 Å². The summed E-state index contributed by atoms with van der Waals surface area (Å²) < 4.78 is 5.57. The van der Waals surface area contributed by atoms with E-state index in [0.717, 1.165) is 25.9 Å². The van der Waals surface area contributed by atoms with Gasteiger partial charge in [0.25, 0.3) is 0 Å². The Hall–Kier alpha value is -1.26. The minimum atomic E-state index is 0.194. The van der Waals surface area contributed by atoms with Gasteiger partial charge in [-0.25, -0.2) is 0 Å². The Labute approximate surface area is 124 Å². The fraction of sp³-hybridized carbons (Fsp3) is 0.533. The lowest BCUT2D eigenvalue weighted by Crippen LogP contribution is -2.42. The SMILES string of the molecule is NC1CCN(C(=O)CCCOc2ccccc2Cl)CC1. The molecule has 1 aromatic carbocycles. The molecular formula is C15H21ClN2O2. The van der Waals surface area contributed by atoms with Gasteiger partial charge in [-0.15, -0.1) is 0 Å². The number of carbonyl (C=O) groups excluding carboxylic acids is 1. The summed E-state index contributed by atoms with van der Waals surface area (Å²) >= 11 is 5.99. The molecule has 0 bridgehead atoms. The van der Waals surface area contributed by atoms with E-state index in [9.17, 15) is 4.79 Å². The normalized spacial score (nSPS) is 16.2. The van der Waals surface area contributed by atoms with E-state index in [0.29, 0.717) is 30.2 Å². The van der Waals surface area contributed by atoms with Crippen LogP contribution in [0, 0.1) is 0 Å². The van der Waals surface area contributed by atoms with Crippen molar-refractivity contribution in [3.63, 3.8) is 0 Å². The minimum absolute atomic E-state index is 0.194. The van der Waals surface area contributed by atoms with Crippen molar-refractivity contribution < 1.29 is 9.53 Å². The molecule has 5 heteroatoms. The average Bonchev–Trinajstić information content (AvgIpc) is 2.46. The zero-order chi connectivity index (χ0) is 14.4. The second-order valence-corrected chi connectivity index (χ2v) is 5.51. The van der Waals surface area contributed by atoms with Gasteiger partial charge in [0.05, 0.1) is 11.6 Å². The molecule has 0 unspecified atom stereocenters. The summed E-state index contributed by atoms with van der Waals surface area (Å²) in [6.45, 7) is 2.07. The fourth-order valence-electron chi connectivity index (χ4n) is 2.27. The van der Waals surface area contributed by atoms with Crippen molar-refractivity contribution in [3.8, 4) is 5.75 Å². The molecule has 1 saturated heterocycles. The van der Waals surface area contributed by atoms with Gasteiger partial charge in [-0.3, -0.25) is 4.79 Å². The van der Waals surface area contributed by atoms with Crippen LogP contribution in [0.5, 0.6) is 5.75 Å². The van der Waals surface area contributed by atoms with Gasteiger partial charge in [-0.2, -0.15) is 0 Å². The molecule has 1 fully saturated rings. The largest absolute Gasteiger partial charge is 0.492 e. The summed E-state index contributed by atoms with van der Waals surface area (Å²) in [5.74, 6) is 0.866. The standard InChI is InChI=1S/C15H21ClN2O2/c16-13-4-1-2-5-14(13)20-11-3-6-15(19)18-9-7-12(17)8-10-18/h1-2,4-5,12H,3,6-11,17H2. The van der Waals surface area contributed by atoms with E-state index >= 15 is 0 Å². The molecule has 0 aliphatic carbocycles. The van der Waals surface area contributed by atoms with Crippen molar-refractivity contribution in [2.45, 2.75) is 31.7 Å². The Kier molecular flexibility index (Phi) is 5.68. The van der Waals surface area contributed by atoms with Crippen LogP contribution < -0.4 is 10.5 Å². The summed E-state index contributed by atoms with van der Waals surface area (Å²) in [6.07, 6.45) is 3.02. The number of rotatable bonds is 5. The third-order valence-corrected chi connectivity index (χ3v) is 3.83. The Morgan fingerprint density at radius 3 is 2.75 bits per heavy atom. The number of carbonyl (C=O) groups is 1. The maximum atomic E-state index is 12.0. The highest BCUT2D eigenvalue weighted by atomic mass is 35.5. The van der Waals surface area contributed by atoms with Gasteiger partial charge in [-0.05, 0) is 31.4 Å². The van der Waals surface area contributed by atoms with Crippen LogP contribution >= 0.6 is 11.6 Å². The van der Waals surface area contributed by atoms with Crippen molar-refractivity contribution in [1.82, 2.24) is 4.90 Å². The Bertz CT molecular complexity index is 445. The van der Waals surface area contributed by atoms with Gasteiger partial charge >= 0.3 is 0 Å². The molecule has 2 N–H and O–H groups in total. The zero-order valence-corrected chi connectivity index (χ0v) is 12.3. The summed E-state index contributed by atoms with van der Waals surface area (Å²) in [5, 5.41) is 0.601. The average molecular weight is 297 g/mol. The zero-order valence-electron chi connectivity index (χ0n) is 11.6. The van der Waals surface area contributed by atoms with E-state index in [1.54, 1.807) is 6.07 Å². The topological polar surface area (TPSA) is 55.6 Å². The number of halogens is 1. The van der Waals surface area contributed by atoms with Crippen molar-refractivity contribution in [2.75, 3.05) is 19.7 Å². The highest BCUT2D eigenvalue weighted by molar-refractivity contribution is 6.32. The maximum absolute atomic E-state index is 12.0. The third kappa shape index (κ3) is 4.39. The number of para-hydroxylation sites is 1. The second-order valence-electron chi connectivity index (χ2n) is 5.10. The molecule has 1 aliphatic rings. The molecule has 110 valence electrons. The van der Waals surface area contributed by atoms with E-state index in [4.69, 9.17) is 22.1 Å². The minimum Gasteiger partial charge on any atom is -0.492 e. The van der Waals surface area contributed by atoms with Crippen LogP contribution in [0.2, 0.25) is 5.02 Å². The van der Waals surface area contributed by atoms with Crippen LogP contribution in [0.1, 0.15) is 25.7 Å². The van der Waals surface area contributed by atoms with Gasteiger partial charge in [0.15, 0.2) is 0 Å². The number of nitrogens with two attached hydrogens (primary N) is 1. The Morgan fingerprint density at radius 2 is 2.05 bits per heavy atom. The number of amides is 1. The molecule has 1 amide bonds. The first kappa shape index (κ1) is 15.1. The molecule has 20 heavy (non-hydrogen) atoms. The first-order valence-electron chi connectivity index (χ1n) is 7.07. The smallest absolute Gasteiger partial charge is 0.222 e. The first-order chi connectivity index (χ1) is 9.66. The van der Waals surface area contributed by atoms with E-state index < -0.39 is 0 Å². The number of likely N-dealkylation sites (tertiary alicyclic amines) is 1. The molecule has 4 nitrogen and oxygen atoms in total. The van der Waals surface area contributed by atoms with Gasteiger partial charge in [0, 0.05) is 25.6 Å². The summed E-state index contributed by atoms with van der Waals surface area (Å²) in [4.78, 5) is 13.9. The number of hydrogen-bond donors (Lipinski definition) is 1. The predicted molar refractivity (Wildman–Crippen MR) is 80.0 cm³/mol. The molecule has 1 heterocycles. The summed E-state index contributed by atoms with van der Waals surface area (Å²) in [6, 6.07) is 7.61. The van der Waals surface area contributed by atoms with Crippen LogP contribution in [0.3, 0.4) is 0 Å². The van der Waals surface area contributed by atoms with Gasteiger partial charge in [0.1, 0.15) is 5.75 Å². The number of nitrogens with zero attached hydrogens (tertiary/aromatic N) is 1. The Balaban J connectivity index is 1.66. The molecule has 1 aliphatic heterocycles. The van der Waals surface area contributed by atoms with E-state index in [-0.39, 0.29) is 11.9 Å². The van der Waals surface area contributed by atoms with Gasteiger partial charge in [0.2, 0.25) is 5.91 Å². The molecule has 1 aromatic rings. The number of hydrogen-bond acceptors (Lipinski definition) is 3. The van der Waals surface area contributed by atoms with Crippen LogP contribution in [0.4, 0.5) is 0 Å². The quantitative estimate of drug-likeness (QED) is 0.849. The van der Waals surface area contributed by atoms with Crippen molar-refractivity contribution in [1.29, 1.82) is 0 Å². The summed E-state index contributed by atoms with van der Waals surface area (Å²) in [7, 11) is 0. The lowest BCUT2D eigenvalue weighted by molar-refractivity contribution is -0.132. The lowest BCUT2D eigenvalue weighted by Gasteiger charge is -2.30. The van der Waals surface area contributed by atoms with Crippen molar-refractivity contribution in [3.05, 3.63) is 29.3 Å². The van der Waals surface area contributed by atoms with Crippen LogP contribution in [0.25, 0.3) is 0 Å². The van der Waals surface area contributed by atoms with E-state index in [2.05, 4.69) is 0 Å². The Morgan fingerprint density at radius 1 is 1.35 bits per heavy atom. The molecule has 0 aromatic heterocycles. The predicted octanol–water partition coefficient (Wildman–Crippen LogP) is 2.45. The molecule has 0 radical (unpaired) electrons. The molecular weight excluding hydrogens is 276 g/mol. The number of benzene rings is 1. The molecule has 0 spiro atoms. The van der Waals surface area contributed by atoms with Crippen molar-refractivity contribution in [2.24, 2.45) is 5.73 Å².